The van der Waals surface area contributed by atoms with E-state index in [-0.39, 0.29) is 18.8 Å². The number of carbonyl (C=O) groups excluding carboxylic acids is 1. The largest absolute Gasteiger partial charge is 0.454 e. The molecule has 1 amide bonds. The molecule has 0 radical (unpaired) electrons. The molecule has 2 fully saturated rings. The molecule has 0 unspecified atom stereocenters. The molecule has 0 bridgehead atoms. The fraction of sp³-hybridized carbons (Fsp3) is 0.708. The molecule has 1 aromatic carbocycles. The molecule has 1 saturated carbocycles. The van der Waals surface area contributed by atoms with Gasteiger partial charge in [-0.2, -0.15) is 0 Å². The van der Waals surface area contributed by atoms with Crippen molar-refractivity contribution in [2.45, 2.75) is 38.9 Å². The Kier molecular flexibility index (Phi) is 7.88. The number of hydrogen-bond donors (Lipinski definition) is 1. The monoisotopic (exact) mass is 448 g/mol. The fourth-order valence-electron chi connectivity index (χ4n) is 4.16. The van der Waals surface area contributed by atoms with Crippen LogP contribution in [-0.4, -0.2) is 92.4 Å². The van der Waals surface area contributed by atoms with Crippen LogP contribution in [0.4, 0.5) is 0 Å². The van der Waals surface area contributed by atoms with Crippen molar-refractivity contribution >= 4 is 5.91 Å². The maximum Gasteiger partial charge on any atom is 0.254 e. The number of ether oxygens (including phenoxy) is 4. The Balaban J connectivity index is 1.32. The van der Waals surface area contributed by atoms with Gasteiger partial charge in [0.25, 0.3) is 5.91 Å². The second kappa shape index (κ2) is 10.8. The van der Waals surface area contributed by atoms with Crippen LogP contribution in [0.5, 0.6) is 11.5 Å². The van der Waals surface area contributed by atoms with E-state index in [4.69, 9.17) is 18.9 Å². The summed E-state index contributed by atoms with van der Waals surface area (Å²) in [6.45, 7) is 9.29. The summed E-state index contributed by atoms with van der Waals surface area (Å²) in [7, 11) is 0. The molecule has 178 valence electrons. The van der Waals surface area contributed by atoms with E-state index in [1.165, 1.54) is 12.8 Å². The molecule has 8 heteroatoms. The first kappa shape index (κ1) is 23.3. The molecule has 2 heterocycles. The molecule has 1 aliphatic carbocycles. The lowest BCUT2D eigenvalue weighted by atomic mass is 10.1. The van der Waals surface area contributed by atoms with Gasteiger partial charge in [0.1, 0.15) is 0 Å². The molecule has 1 aromatic rings. The van der Waals surface area contributed by atoms with Crippen LogP contribution in [-0.2, 0) is 9.47 Å². The number of morpholine rings is 1. The lowest BCUT2D eigenvalue weighted by Crippen LogP contribution is -2.51. The van der Waals surface area contributed by atoms with Crippen molar-refractivity contribution in [2.24, 2.45) is 11.8 Å². The van der Waals surface area contributed by atoms with E-state index in [2.05, 4.69) is 18.7 Å². The second-order valence-electron chi connectivity index (χ2n) is 9.56. The van der Waals surface area contributed by atoms with Gasteiger partial charge in [0, 0.05) is 44.9 Å². The summed E-state index contributed by atoms with van der Waals surface area (Å²) in [5.74, 6) is 2.33. The Morgan fingerprint density at radius 2 is 2.03 bits per heavy atom. The quantitative estimate of drug-likeness (QED) is 0.555. The van der Waals surface area contributed by atoms with Crippen LogP contribution in [0, 0.1) is 11.8 Å². The third-order valence-electron chi connectivity index (χ3n) is 5.96. The van der Waals surface area contributed by atoms with Gasteiger partial charge < -0.3 is 29.0 Å². The van der Waals surface area contributed by atoms with Crippen molar-refractivity contribution in [3.8, 4) is 11.5 Å². The Morgan fingerprint density at radius 1 is 1.22 bits per heavy atom. The van der Waals surface area contributed by atoms with Crippen LogP contribution in [0.3, 0.4) is 0 Å². The van der Waals surface area contributed by atoms with Gasteiger partial charge >= 0.3 is 0 Å². The predicted molar refractivity (Wildman–Crippen MR) is 119 cm³/mol. The Morgan fingerprint density at radius 3 is 2.81 bits per heavy atom. The third-order valence-corrected chi connectivity index (χ3v) is 5.96. The molecular formula is C24H36N2O6. The van der Waals surface area contributed by atoms with Crippen molar-refractivity contribution in [2.75, 3.05) is 59.3 Å². The minimum atomic E-state index is -0.523. The van der Waals surface area contributed by atoms with E-state index in [1.807, 2.05) is 4.90 Å². The zero-order valence-corrected chi connectivity index (χ0v) is 19.2. The molecule has 0 aromatic heterocycles. The van der Waals surface area contributed by atoms with E-state index in [9.17, 15) is 9.90 Å². The maximum absolute atomic E-state index is 13.3. The Hall–Kier alpha value is -1.87. The summed E-state index contributed by atoms with van der Waals surface area (Å²) in [5, 5.41) is 10.3. The van der Waals surface area contributed by atoms with Gasteiger partial charge in [0.15, 0.2) is 11.5 Å². The molecule has 4 rings (SSSR count). The predicted octanol–water partition coefficient (Wildman–Crippen LogP) is 2.00. The average Bonchev–Trinajstić information content (AvgIpc) is 3.45. The highest BCUT2D eigenvalue weighted by molar-refractivity contribution is 5.95. The number of fused-ring (bicyclic) bond motifs is 1. The van der Waals surface area contributed by atoms with Crippen LogP contribution < -0.4 is 9.47 Å². The van der Waals surface area contributed by atoms with Crippen molar-refractivity contribution < 1.29 is 28.8 Å². The van der Waals surface area contributed by atoms with Gasteiger partial charge in [-0.15, -0.1) is 0 Å². The smallest absolute Gasteiger partial charge is 0.254 e. The molecule has 3 aliphatic rings. The van der Waals surface area contributed by atoms with Gasteiger partial charge in [-0.1, -0.05) is 13.8 Å². The minimum Gasteiger partial charge on any atom is -0.454 e. The highest BCUT2D eigenvalue weighted by atomic mass is 16.7. The number of β-amino-alcohol motifs (C(OH)–C–C–N with tert-alkyl or cyclic N) is 1. The summed E-state index contributed by atoms with van der Waals surface area (Å²) in [6, 6.07) is 5.37. The molecular weight excluding hydrogens is 412 g/mol. The molecule has 8 nitrogen and oxygen atoms in total. The summed E-state index contributed by atoms with van der Waals surface area (Å²) in [5.41, 5.74) is 0.611. The lowest BCUT2D eigenvalue weighted by molar-refractivity contribution is -0.0599. The van der Waals surface area contributed by atoms with Crippen LogP contribution in [0.2, 0.25) is 0 Å². The van der Waals surface area contributed by atoms with Gasteiger partial charge in [0.2, 0.25) is 6.79 Å². The molecule has 2 aliphatic heterocycles. The number of hydrogen-bond acceptors (Lipinski definition) is 7. The highest BCUT2D eigenvalue weighted by Gasteiger charge is 2.31. The van der Waals surface area contributed by atoms with Crippen LogP contribution in [0.1, 0.15) is 37.0 Å². The summed E-state index contributed by atoms with van der Waals surface area (Å²) < 4.78 is 22.4. The van der Waals surface area contributed by atoms with Crippen LogP contribution in [0.25, 0.3) is 0 Å². The summed E-state index contributed by atoms with van der Waals surface area (Å²) >= 11 is 0. The minimum absolute atomic E-state index is 0.00181. The van der Waals surface area contributed by atoms with Gasteiger partial charge in [-0.25, -0.2) is 0 Å². The molecule has 0 spiro atoms. The van der Waals surface area contributed by atoms with Crippen LogP contribution in [0.15, 0.2) is 18.2 Å². The first-order chi connectivity index (χ1) is 15.5. The number of rotatable bonds is 11. The van der Waals surface area contributed by atoms with Crippen molar-refractivity contribution in [3.63, 3.8) is 0 Å². The SMILES string of the molecule is CC(C)COC[C@H](O)CN1CCO[C@H](CN(CC2CC2)C(=O)c2ccc3c(c2)OCO3)C1. The summed E-state index contributed by atoms with van der Waals surface area (Å²) in [6.07, 6.45) is 1.74. The van der Waals surface area contributed by atoms with Crippen molar-refractivity contribution in [3.05, 3.63) is 23.8 Å². The number of benzene rings is 1. The van der Waals surface area contributed by atoms with E-state index < -0.39 is 6.10 Å². The van der Waals surface area contributed by atoms with Crippen LogP contribution >= 0.6 is 0 Å². The topological polar surface area (TPSA) is 80.7 Å². The molecule has 2 atom stereocenters. The first-order valence-corrected chi connectivity index (χ1v) is 11.8. The average molecular weight is 449 g/mol. The first-order valence-electron chi connectivity index (χ1n) is 11.8. The third kappa shape index (κ3) is 6.57. The molecule has 1 saturated heterocycles. The van der Waals surface area contributed by atoms with Gasteiger partial charge in [0.05, 0.1) is 25.4 Å². The fourth-order valence-corrected chi connectivity index (χ4v) is 4.16. The maximum atomic E-state index is 13.3. The normalized spacial score (nSPS) is 21.7. The number of carbonyl (C=O) groups is 1. The number of nitrogens with zero attached hydrogens (tertiary/aromatic N) is 2. The zero-order chi connectivity index (χ0) is 22.5. The van der Waals surface area contributed by atoms with E-state index in [1.54, 1.807) is 18.2 Å². The highest BCUT2D eigenvalue weighted by Crippen LogP contribution is 2.34. The number of aliphatic hydroxyl groups is 1. The molecule has 32 heavy (non-hydrogen) atoms. The van der Waals surface area contributed by atoms with E-state index in [0.29, 0.717) is 68.4 Å². The van der Waals surface area contributed by atoms with E-state index in [0.717, 1.165) is 13.1 Å². The van der Waals surface area contributed by atoms with Gasteiger partial charge in [-0.05, 0) is 42.9 Å². The van der Waals surface area contributed by atoms with Gasteiger partial charge in [-0.3, -0.25) is 9.69 Å². The summed E-state index contributed by atoms with van der Waals surface area (Å²) in [4.78, 5) is 17.4. The Labute approximate surface area is 190 Å². The molecule has 1 N–H and O–H groups in total. The standard InChI is InChI=1S/C24H36N2O6/c1-17(2)14-29-15-20(27)11-25-7-8-30-21(12-25)13-26(10-18-3-4-18)24(28)19-5-6-22-23(9-19)32-16-31-22/h5-6,9,17-18,20-21,27H,3-4,7-8,10-16H2,1-2H3/t20-,21+/m1/s1. The second-order valence-corrected chi connectivity index (χ2v) is 9.56. The van der Waals surface area contributed by atoms with Crippen molar-refractivity contribution in [1.82, 2.24) is 9.80 Å². The zero-order valence-electron chi connectivity index (χ0n) is 19.2. The van der Waals surface area contributed by atoms with E-state index >= 15 is 0 Å². The lowest BCUT2D eigenvalue weighted by Gasteiger charge is -2.36. The Bertz CT molecular complexity index is 769. The number of amides is 1. The number of aliphatic hydroxyl groups excluding tert-OH is 1. The van der Waals surface area contributed by atoms with Crippen molar-refractivity contribution in [1.29, 1.82) is 0 Å².